The lowest BCUT2D eigenvalue weighted by molar-refractivity contribution is 0.0162. The first kappa shape index (κ1) is 19.6. The maximum absolute atomic E-state index is 12.8. The van der Waals surface area contributed by atoms with E-state index >= 15 is 0 Å². The standard InChI is InChI=1S/C22H21ClN2O4/c23-18-7-3-2-6-16(18)19(25-9-11-28-12-10-25)14-24-21(26)17-13-15-5-1-4-8-20(15)29-22(17)27/h1-8,13,19H,9-12,14H2,(H,24,26)/t19-/m0/s1. The Labute approximate surface area is 173 Å². The number of halogens is 1. The molecule has 0 saturated carbocycles. The summed E-state index contributed by atoms with van der Waals surface area (Å²) in [5.41, 5.74) is 0.726. The highest BCUT2D eigenvalue weighted by Crippen LogP contribution is 2.27. The number of nitrogens with one attached hydrogen (secondary N) is 1. The summed E-state index contributed by atoms with van der Waals surface area (Å²) in [6.45, 7) is 3.05. The van der Waals surface area contributed by atoms with Crippen molar-refractivity contribution in [2.24, 2.45) is 0 Å². The fourth-order valence-electron chi connectivity index (χ4n) is 3.58. The topological polar surface area (TPSA) is 71.8 Å². The number of rotatable bonds is 5. The van der Waals surface area contributed by atoms with Crippen molar-refractivity contribution in [2.45, 2.75) is 6.04 Å². The number of amides is 1. The van der Waals surface area contributed by atoms with E-state index in [1.54, 1.807) is 24.3 Å². The zero-order chi connectivity index (χ0) is 20.2. The number of fused-ring (bicyclic) bond motifs is 1. The Morgan fingerprint density at radius 3 is 2.62 bits per heavy atom. The minimum absolute atomic E-state index is 0.0106. The smallest absolute Gasteiger partial charge is 0.349 e. The molecule has 2 heterocycles. The van der Waals surface area contributed by atoms with Crippen molar-refractivity contribution in [3.05, 3.63) is 81.2 Å². The SMILES string of the molecule is O=C(NC[C@@H](c1ccccc1Cl)N1CCOCC1)c1cc2ccccc2oc1=O. The van der Waals surface area contributed by atoms with Crippen LogP contribution in [0.5, 0.6) is 0 Å². The largest absolute Gasteiger partial charge is 0.422 e. The van der Waals surface area contributed by atoms with Gasteiger partial charge in [0.05, 0.1) is 19.3 Å². The minimum atomic E-state index is -0.651. The van der Waals surface area contributed by atoms with Crippen molar-refractivity contribution < 1.29 is 13.9 Å². The van der Waals surface area contributed by atoms with Crippen LogP contribution in [0.3, 0.4) is 0 Å². The molecule has 4 rings (SSSR count). The molecule has 3 aromatic rings. The van der Waals surface area contributed by atoms with E-state index in [0.29, 0.717) is 35.8 Å². The number of carbonyl (C=O) groups excluding carboxylic acids is 1. The van der Waals surface area contributed by atoms with Gasteiger partial charge in [0, 0.05) is 30.0 Å². The first-order chi connectivity index (χ1) is 14.1. The van der Waals surface area contributed by atoms with Gasteiger partial charge in [-0.1, -0.05) is 48.0 Å². The van der Waals surface area contributed by atoms with Gasteiger partial charge in [0.2, 0.25) is 0 Å². The third-order valence-corrected chi connectivity index (χ3v) is 5.44. The molecule has 0 radical (unpaired) electrons. The maximum atomic E-state index is 12.8. The van der Waals surface area contributed by atoms with Crippen LogP contribution in [-0.4, -0.2) is 43.7 Å². The Kier molecular flexibility index (Phi) is 5.94. The molecule has 2 aromatic carbocycles. The summed E-state index contributed by atoms with van der Waals surface area (Å²) in [6, 6.07) is 16.1. The molecule has 150 valence electrons. The quantitative estimate of drug-likeness (QED) is 0.651. The van der Waals surface area contributed by atoms with E-state index in [-0.39, 0.29) is 11.6 Å². The summed E-state index contributed by atoms with van der Waals surface area (Å²) in [7, 11) is 0. The molecule has 1 saturated heterocycles. The van der Waals surface area contributed by atoms with Gasteiger partial charge < -0.3 is 14.5 Å². The Morgan fingerprint density at radius 1 is 1.10 bits per heavy atom. The van der Waals surface area contributed by atoms with Crippen molar-refractivity contribution in [2.75, 3.05) is 32.8 Å². The molecule has 1 aliphatic heterocycles. The van der Waals surface area contributed by atoms with Crippen LogP contribution in [0.4, 0.5) is 0 Å². The number of morpholine rings is 1. The molecular formula is C22H21ClN2O4. The van der Waals surface area contributed by atoms with Crippen LogP contribution < -0.4 is 10.9 Å². The highest BCUT2D eigenvalue weighted by molar-refractivity contribution is 6.31. The lowest BCUT2D eigenvalue weighted by Gasteiger charge is -2.35. The van der Waals surface area contributed by atoms with Gasteiger partial charge in [0.25, 0.3) is 5.91 Å². The van der Waals surface area contributed by atoms with Crippen molar-refractivity contribution in [1.29, 1.82) is 0 Å². The van der Waals surface area contributed by atoms with Crippen molar-refractivity contribution in [3.8, 4) is 0 Å². The monoisotopic (exact) mass is 412 g/mol. The average molecular weight is 413 g/mol. The number of hydrogen-bond donors (Lipinski definition) is 1. The van der Waals surface area contributed by atoms with Gasteiger partial charge >= 0.3 is 5.63 Å². The predicted octanol–water partition coefficient (Wildman–Crippen LogP) is 3.25. The van der Waals surface area contributed by atoms with Gasteiger partial charge in [-0.2, -0.15) is 0 Å². The van der Waals surface area contributed by atoms with Crippen LogP contribution in [0, 0.1) is 0 Å². The van der Waals surface area contributed by atoms with Gasteiger partial charge in [0.15, 0.2) is 0 Å². The molecule has 1 N–H and O–H groups in total. The summed E-state index contributed by atoms with van der Waals surface area (Å²) in [5, 5.41) is 4.23. The third-order valence-electron chi connectivity index (χ3n) is 5.09. The van der Waals surface area contributed by atoms with E-state index in [4.69, 9.17) is 20.8 Å². The highest BCUT2D eigenvalue weighted by Gasteiger charge is 2.25. The van der Waals surface area contributed by atoms with Crippen LogP contribution >= 0.6 is 11.6 Å². The van der Waals surface area contributed by atoms with Gasteiger partial charge in [-0.25, -0.2) is 4.79 Å². The van der Waals surface area contributed by atoms with E-state index in [9.17, 15) is 9.59 Å². The second-order valence-electron chi connectivity index (χ2n) is 6.88. The second kappa shape index (κ2) is 8.78. The summed E-state index contributed by atoms with van der Waals surface area (Å²) < 4.78 is 10.7. The Bertz CT molecular complexity index is 1080. The van der Waals surface area contributed by atoms with E-state index in [2.05, 4.69) is 10.2 Å². The molecule has 1 aliphatic rings. The molecule has 0 bridgehead atoms. The molecule has 7 heteroatoms. The third kappa shape index (κ3) is 4.34. The zero-order valence-electron chi connectivity index (χ0n) is 15.8. The van der Waals surface area contributed by atoms with Crippen LogP contribution in [0.2, 0.25) is 5.02 Å². The summed E-state index contributed by atoms with van der Waals surface area (Å²) in [4.78, 5) is 27.3. The lowest BCUT2D eigenvalue weighted by Crippen LogP contribution is -2.44. The molecule has 1 fully saturated rings. The van der Waals surface area contributed by atoms with Crippen molar-refractivity contribution in [1.82, 2.24) is 10.2 Å². The number of ether oxygens (including phenoxy) is 1. The predicted molar refractivity (Wildman–Crippen MR) is 111 cm³/mol. The fourth-order valence-corrected chi connectivity index (χ4v) is 3.84. The van der Waals surface area contributed by atoms with Crippen LogP contribution in [0.15, 0.2) is 63.8 Å². The molecule has 0 aliphatic carbocycles. The number of benzene rings is 2. The molecular weight excluding hydrogens is 392 g/mol. The van der Waals surface area contributed by atoms with E-state index in [1.165, 1.54) is 0 Å². The maximum Gasteiger partial charge on any atom is 0.349 e. The Balaban J connectivity index is 1.57. The molecule has 1 aromatic heterocycles. The number of carbonyl (C=O) groups is 1. The molecule has 6 nitrogen and oxygen atoms in total. The van der Waals surface area contributed by atoms with Gasteiger partial charge in [0.1, 0.15) is 11.1 Å². The van der Waals surface area contributed by atoms with Crippen molar-refractivity contribution in [3.63, 3.8) is 0 Å². The van der Waals surface area contributed by atoms with Gasteiger partial charge in [-0.05, 0) is 23.8 Å². The second-order valence-corrected chi connectivity index (χ2v) is 7.29. The Hall–Kier alpha value is -2.67. The van der Waals surface area contributed by atoms with Gasteiger partial charge in [-0.15, -0.1) is 0 Å². The van der Waals surface area contributed by atoms with Crippen LogP contribution in [0.1, 0.15) is 22.0 Å². The first-order valence-corrected chi connectivity index (χ1v) is 9.88. The van der Waals surface area contributed by atoms with Gasteiger partial charge in [-0.3, -0.25) is 9.69 Å². The number of para-hydroxylation sites is 1. The van der Waals surface area contributed by atoms with Crippen LogP contribution in [0.25, 0.3) is 11.0 Å². The van der Waals surface area contributed by atoms with E-state index in [0.717, 1.165) is 18.7 Å². The van der Waals surface area contributed by atoms with Crippen molar-refractivity contribution >= 4 is 28.5 Å². The molecule has 29 heavy (non-hydrogen) atoms. The highest BCUT2D eigenvalue weighted by atomic mass is 35.5. The van der Waals surface area contributed by atoms with Crippen LogP contribution in [-0.2, 0) is 4.74 Å². The number of hydrogen-bond acceptors (Lipinski definition) is 5. The van der Waals surface area contributed by atoms with E-state index in [1.807, 2.05) is 30.3 Å². The van der Waals surface area contributed by atoms with E-state index < -0.39 is 11.5 Å². The summed E-state index contributed by atoms with van der Waals surface area (Å²) in [5.74, 6) is -0.463. The molecule has 0 spiro atoms. The molecule has 0 unspecified atom stereocenters. The normalized spacial score (nSPS) is 15.9. The Morgan fingerprint density at radius 2 is 1.83 bits per heavy atom. The average Bonchev–Trinajstić information content (AvgIpc) is 2.75. The fraction of sp³-hybridized carbons (Fsp3) is 0.273. The minimum Gasteiger partial charge on any atom is -0.422 e. The zero-order valence-corrected chi connectivity index (χ0v) is 16.5. The molecule has 1 amide bonds. The first-order valence-electron chi connectivity index (χ1n) is 9.51. The summed E-state index contributed by atoms with van der Waals surface area (Å²) >= 11 is 6.43. The lowest BCUT2D eigenvalue weighted by atomic mass is 10.0. The number of nitrogens with zero attached hydrogens (tertiary/aromatic N) is 1. The summed E-state index contributed by atoms with van der Waals surface area (Å²) in [6.07, 6.45) is 0. The molecule has 1 atom stereocenters.